The monoisotopic (exact) mass is 545 g/mol. The number of Topliss-reactive ketones (excluding diaryl/α,β-unsaturated/α-hetero) is 1. The number of nitrogens with zero attached hydrogens (tertiary/aromatic N) is 5. The van der Waals surface area contributed by atoms with Gasteiger partial charge in [-0.3, -0.25) is 14.6 Å². The van der Waals surface area contributed by atoms with Crippen LogP contribution in [0.4, 0.5) is 8.78 Å². The number of amides is 1. The predicted octanol–water partition coefficient (Wildman–Crippen LogP) is 5.71. The summed E-state index contributed by atoms with van der Waals surface area (Å²) in [6.45, 7) is 10.0. The summed E-state index contributed by atoms with van der Waals surface area (Å²) < 4.78 is 30.9. The van der Waals surface area contributed by atoms with Crippen molar-refractivity contribution in [1.29, 1.82) is 0 Å². The predicted molar refractivity (Wildman–Crippen MR) is 149 cm³/mol. The molecular weight excluding hydrogens is 512 g/mol. The van der Waals surface area contributed by atoms with Crippen LogP contribution in [0.15, 0.2) is 36.9 Å². The average Bonchev–Trinajstić information content (AvgIpc) is 3.58. The van der Waals surface area contributed by atoms with Crippen LogP contribution in [-0.4, -0.2) is 49.7 Å². The molecule has 0 bridgehead atoms. The summed E-state index contributed by atoms with van der Waals surface area (Å²) in [5.41, 5.74) is 3.43. The molecule has 3 heterocycles. The van der Waals surface area contributed by atoms with Crippen LogP contribution in [-0.2, 0) is 11.2 Å². The number of pyridine rings is 1. The Labute approximate surface area is 232 Å². The van der Waals surface area contributed by atoms with Crippen LogP contribution in [0.25, 0.3) is 17.7 Å². The van der Waals surface area contributed by atoms with Gasteiger partial charge < -0.3 is 4.90 Å². The van der Waals surface area contributed by atoms with Crippen LogP contribution in [0.5, 0.6) is 0 Å². The first-order chi connectivity index (χ1) is 19.2. The molecule has 0 N–H and O–H groups in total. The number of halogens is 2. The molecule has 2 aromatic heterocycles. The van der Waals surface area contributed by atoms with Crippen LogP contribution < -0.4 is 0 Å². The minimum absolute atomic E-state index is 0.0440. The van der Waals surface area contributed by atoms with E-state index in [9.17, 15) is 18.4 Å². The summed E-state index contributed by atoms with van der Waals surface area (Å²) in [5, 5.41) is 8.63. The number of likely N-dealkylation sites (tertiary alicyclic amines) is 1. The molecule has 208 valence electrons. The first-order valence-corrected chi connectivity index (χ1v) is 13.6. The average molecular weight is 546 g/mol. The van der Waals surface area contributed by atoms with Crippen molar-refractivity contribution in [3.8, 4) is 0 Å². The third-order valence-corrected chi connectivity index (χ3v) is 7.97. The van der Waals surface area contributed by atoms with Gasteiger partial charge in [0.1, 0.15) is 5.69 Å². The fourth-order valence-electron chi connectivity index (χ4n) is 5.62. The molecule has 1 saturated carbocycles. The maximum absolute atomic E-state index is 14.7. The topological polar surface area (TPSA) is 81.0 Å². The number of piperidine rings is 1. The fraction of sp³-hybridized carbons (Fsp3) is 0.387. The van der Waals surface area contributed by atoms with Crippen molar-refractivity contribution in [3.63, 3.8) is 0 Å². The van der Waals surface area contributed by atoms with Gasteiger partial charge in [-0.05, 0) is 88.3 Å². The van der Waals surface area contributed by atoms with Crippen molar-refractivity contribution in [2.45, 2.75) is 52.5 Å². The maximum Gasteiger partial charge on any atom is 0.225 e. The summed E-state index contributed by atoms with van der Waals surface area (Å²) >= 11 is 0. The van der Waals surface area contributed by atoms with Gasteiger partial charge in [0.05, 0.1) is 17.3 Å². The molecule has 1 aliphatic heterocycles. The lowest BCUT2D eigenvalue weighted by Gasteiger charge is -2.32. The molecule has 2 aliphatic rings. The zero-order valence-electron chi connectivity index (χ0n) is 23.0. The molecule has 0 radical (unpaired) electrons. The lowest BCUT2D eigenvalue weighted by molar-refractivity contribution is -0.134. The lowest BCUT2D eigenvalue weighted by Crippen LogP contribution is -2.40. The third-order valence-electron chi connectivity index (χ3n) is 7.97. The molecule has 1 aromatic carbocycles. The number of ketones is 1. The molecule has 40 heavy (non-hydrogen) atoms. The van der Waals surface area contributed by atoms with Gasteiger partial charge in [-0.2, -0.15) is 0 Å². The van der Waals surface area contributed by atoms with E-state index in [2.05, 4.69) is 21.9 Å². The molecule has 1 aliphatic carbocycles. The van der Waals surface area contributed by atoms with Crippen LogP contribution in [0, 0.1) is 30.4 Å². The van der Waals surface area contributed by atoms with Gasteiger partial charge in [0, 0.05) is 36.0 Å². The summed E-state index contributed by atoms with van der Waals surface area (Å²) in [7, 11) is 0. The van der Waals surface area contributed by atoms with E-state index in [1.165, 1.54) is 19.1 Å². The molecule has 0 spiro atoms. The van der Waals surface area contributed by atoms with Crippen molar-refractivity contribution < 1.29 is 18.4 Å². The van der Waals surface area contributed by atoms with Crippen molar-refractivity contribution >= 4 is 29.4 Å². The maximum atomic E-state index is 14.7. The molecule has 2 atom stereocenters. The standard InChI is InChI=1S/C31H33F2N5O2/c1-5-28-27(15-18(2)24-9-10-25(20(4)39)30(33)29(24)32)35-36-38(28)23-11-13-37(14-12-23)31(40)26-17-21(26)16-22-8-6-7-19(3)34-22/h5-10,15,21,23,26H,1,11-14,16-17H2,2-4H3/b18-15+. The summed E-state index contributed by atoms with van der Waals surface area (Å²) in [4.78, 5) is 31.2. The quantitative estimate of drug-likeness (QED) is 0.339. The number of hydrogen-bond donors (Lipinski definition) is 0. The van der Waals surface area contributed by atoms with Crippen molar-refractivity contribution in [2.75, 3.05) is 13.1 Å². The molecule has 5 rings (SSSR count). The number of carbonyl (C=O) groups is 2. The highest BCUT2D eigenvalue weighted by atomic mass is 19.2. The largest absolute Gasteiger partial charge is 0.342 e. The molecule has 7 nitrogen and oxygen atoms in total. The first-order valence-electron chi connectivity index (χ1n) is 13.6. The normalized spacial score (nSPS) is 19.5. The first kappa shape index (κ1) is 27.6. The van der Waals surface area contributed by atoms with E-state index in [0.717, 1.165) is 37.1 Å². The SMILES string of the molecule is C=Cc1c(/C=C(\C)c2ccc(C(C)=O)c(F)c2F)nnn1C1CCN(C(=O)C2CC2Cc2cccc(C)n2)CC1. The van der Waals surface area contributed by atoms with E-state index < -0.39 is 17.4 Å². The number of benzene rings is 1. The Hall–Kier alpha value is -4.01. The Morgan fingerprint density at radius 3 is 2.45 bits per heavy atom. The van der Waals surface area contributed by atoms with E-state index in [4.69, 9.17) is 0 Å². The Morgan fingerprint density at radius 1 is 1.07 bits per heavy atom. The van der Waals surface area contributed by atoms with Gasteiger partial charge in [0.2, 0.25) is 5.91 Å². The van der Waals surface area contributed by atoms with E-state index >= 15 is 0 Å². The second-order valence-corrected chi connectivity index (χ2v) is 10.8. The number of rotatable bonds is 8. The number of carbonyl (C=O) groups excluding carboxylic acids is 2. The van der Waals surface area contributed by atoms with E-state index in [1.54, 1.807) is 19.1 Å². The Kier molecular flexibility index (Phi) is 7.74. The van der Waals surface area contributed by atoms with Gasteiger partial charge in [-0.15, -0.1) is 5.10 Å². The molecule has 2 unspecified atom stereocenters. The van der Waals surface area contributed by atoms with Gasteiger partial charge in [-0.1, -0.05) is 23.9 Å². The highest BCUT2D eigenvalue weighted by Gasteiger charge is 2.45. The molecule has 2 fully saturated rings. The van der Waals surface area contributed by atoms with Crippen LogP contribution in [0.1, 0.15) is 77.8 Å². The van der Waals surface area contributed by atoms with E-state index in [-0.39, 0.29) is 29.0 Å². The van der Waals surface area contributed by atoms with Gasteiger partial charge in [0.15, 0.2) is 17.4 Å². The highest BCUT2D eigenvalue weighted by molar-refractivity contribution is 5.95. The second kappa shape index (κ2) is 11.2. The Morgan fingerprint density at radius 2 is 1.77 bits per heavy atom. The summed E-state index contributed by atoms with van der Waals surface area (Å²) in [6, 6.07) is 8.74. The molecule has 3 aromatic rings. The summed E-state index contributed by atoms with van der Waals surface area (Å²) in [6.07, 6.45) is 6.52. The Bertz CT molecular complexity index is 1500. The minimum atomic E-state index is -1.16. The summed E-state index contributed by atoms with van der Waals surface area (Å²) in [5.74, 6) is -2.11. The van der Waals surface area contributed by atoms with Crippen molar-refractivity contribution in [2.24, 2.45) is 11.8 Å². The molecule has 9 heteroatoms. The third kappa shape index (κ3) is 5.50. The van der Waals surface area contributed by atoms with Gasteiger partial charge >= 0.3 is 0 Å². The minimum Gasteiger partial charge on any atom is -0.342 e. The number of allylic oxidation sites excluding steroid dienone is 1. The van der Waals surface area contributed by atoms with Gasteiger partial charge in [-0.25, -0.2) is 13.5 Å². The number of hydrogen-bond acceptors (Lipinski definition) is 5. The van der Waals surface area contributed by atoms with Crippen molar-refractivity contribution in [3.05, 3.63) is 82.4 Å². The van der Waals surface area contributed by atoms with Crippen LogP contribution >= 0.6 is 0 Å². The van der Waals surface area contributed by atoms with E-state index in [0.29, 0.717) is 36.0 Å². The fourth-order valence-corrected chi connectivity index (χ4v) is 5.62. The zero-order chi connectivity index (χ0) is 28.6. The van der Waals surface area contributed by atoms with Crippen LogP contribution in [0.3, 0.4) is 0 Å². The molecular formula is C31H33F2N5O2. The molecule has 1 amide bonds. The smallest absolute Gasteiger partial charge is 0.225 e. The van der Waals surface area contributed by atoms with Gasteiger partial charge in [0.25, 0.3) is 0 Å². The zero-order valence-corrected chi connectivity index (χ0v) is 23.0. The number of aromatic nitrogens is 4. The van der Waals surface area contributed by atoms with Crippen molar-refractivity contribution in [1.82, 2.24) is 24.9 Å². The van der Waals surface area contributed by atoms with E-state index in [1.807, 2.05) is 34.7 Å². The lowest BCUT2D eigenvalue weighted by atomic mass is 10.0. The highest BCUT2D eigenvalue weighted by Crippen LogP contribution is 2.43. The number of aryl methyl sites for hydroxylation is 1. The van der Waals surface area contributed by atoms with Crippen LogP contribution in [0.2, 0.25) is 0 Å². The second-order valence-electron chi connectivity index (χ2n) is 10.8. The molecule has 1 saturated heterocycles. The Balaban J connectivity index is 1.23.